The monoisotopic (exact) mass is 236 g/mol. The fourth-order valence-electron chi connectivity index (χ4n) is 2.33. The van der Waals surface area contributed by atoms with E-state index in [2.05, 4.69) is 36.3 Å². The molecule has 0 saturated carbocycles. The largest absolute Gasteiger partial charge is 0.377 e. The third-order valence-electron chi connectivity index (χ3n) is 3.15. The Labute approximate surface area is 104 Å². The summed E-state index contributed by atoms with van der Waals surface area (Å²) in [7, 11) is 0. The van der Waals surface area contributed by atoms with Crippen LogP contribution in [0.2, 0.25) is 0 Å². The van der Waals surface area contributed by atoms with E-state index in [-0.39, 0.29) is 0 Å². The fraction of sp³-hybridized carbons (Fsp3) is 0.714. The van der Waals surface area contributed by atoms with Crippen molar-refractivity contribution in [3.05, 3.63) is 23.5 Å². The number of aromatic amines is 1. The number of H-pyrrole nitrogens is 1. The van der Waals surface area contributed by atoms with Gasteiger partial charge >= 0.3 is 0 Å². The summed E-state index contributed by atoms with van der Waals surface area (Å²) >= 11 is 0. The minimum atomic E-state index is 0.431. The lowest BCUT2D eigenvalue weighted by Gasteiger charge is -2.09. The van der Waals surface area contributed by atoms with Crippen molar-refractivity contribution in [1.82, 2.24) is 10.3 Å². The molecule has 0 aliphatic carbocycles. The molecule has 0 unspecified atom stereocenters. The molecule has 96 valence electrons. The lowest BCUT2D eigenvalue weighted by atomic mass is 10.1. The maximum absolute atomic E-state index is 5.58. The van der Waals surface area contributed by atoms with Crippen molar-refractivity contribution in [2.75, 3.05) is 13.2 Å². The molecular weight excluding hydrogens is 212 g/mol. The number of rotatable bonds is 6. The Balaban J connectivity index is 1.69. The quantitative estimate of drug-likeness (QED) is 0.796. The Kier molecular flexibility index (Phi) is 4.63. The molecule has 17 heavy (non-hydrogen) atoms. The van der Waals surface area contributed by atoms with Crippen LogP contribution in [0.1, 0.15) is 38.1 Å². The first kappa shape index (κ1) is 12.7. The van der Waals surface area contributed by atoms with E-state index < -0.39 is 0 Å². The molecule has 1 saturated heterocycles. The molecule has 1 atom stereocenters. The van der Waals surface area contributed by atoms with Crippen molar-refractivity contribution in [2.24, 2.45) is 5.92 Å². The Morgan fingerprint density at radius 2 is 2.24 bits per heavy atom. The number of hydrogen-bond acceptors (Lipinski definition) is 2. The fourth-order valence-corrected chi connectivity index (χ4v) is 2.33. The summed E-state index contributed by atoms with van der Waals surface area (Å²) in [5.41, 5.74) is 2.62. The average molecular weight is 236 g/mol. The molecule has 2 rings (SSSR count). The molecule has 3 nitrogen and oxygen atoms in total. The minimum Gasteiger partial charge on any atom is -0.377 e. The van der Waals surface area contributed by atoms with Crippen LogP contribution in [0.15, 0.2) is 12.1 Å². The molecule has 2 N–H and O–H groups in total. The molecule has 0 spiro atoms. The zero-order valence-corrected chi connectivity index (χ0v) is 11.0. The van der Waals surface area contributed by atoms with E-state index in [0.717, 1.165) is 26.1 Å². The first-order valence-corrected chi connectivity index (χ1v) is 6.73. The number of nitrogens with one attached hydrogen (secondary N) is 2. The second kappa shape index (κ2) is 6.22. The van der Waals surface area contributed by atoms with E-state index in [1.54, 1.807) is 0 Å². The molecule has 0 amide bonds. The lowest BCUT2D eigenvalue weighted by Crippen LogP contribution is -2.25. The van der Waals surface area contributed by atoms with Crippen LogP contribution in [0.4, 0.5) is 0 Å². The Morgan fingerprint density at radius 3 is 2.94 bits per heavy atom. The van der Waals surface area contributed by atoms with Crippen LogP contribution in [0, 0.1) is 5.92 Å². The highest BCUT2D eigenvalue weighted by Gasteiger charge is 2.14. The first-order chi connectivity index (χ1) is 8.24. The normalized spacial score (nSPS) is 20.3. The highest BCUT2D eigenvalue weighted by Crippen LogP contribution is 2.11. The van der Waals surface area contributed by atoms with E-state index in [1.165, 1.54) is 24.2 Å². The predicted molar refractivity (Wildman–Crippen MR) is 70.0 cm³/mol. The second-order valence-corrected chi connectivity index (χ2v) is 5.37. The molecule has 1 fully saturated rings. The molecule has 0 bridgehead atoms. The molecule has 1 aliphatic rings. The van der Waals surface area contributed by atoms with E-state index in [0.29, 0.717) is 12.0 Å². The van der Waals surface area contributed by atoms with Gasteiger partial charge in [-0.15, -0.1) is 0 Å². The van der Waals surface area contributed by atoms with Crippen LogP contribution in [-0.4, -0.2) is 24.2 Å². The van der Waals surface area contributed by atoms with E-state index in [4.69, 9.17) is 4.74 Å². The van der Waals surface area contributed by atoms with Gasteiger partial charge in [0.2, 0.25) is 0 Å². The van der Waals surface area contributed by atoms with Crippen molar-refractivity contribution in [2.45, 2.75) is 45.8 Å². The van der Waals surface area contributed by atoms with Crippen molar-refractivity contribution < 1.29 is 4.74 Å². The Hall–Kier alpha value is -0.800. The van der Waals surface area contributed by atoms with Gasteiger partial charge in [-0.1, -0.05) is 13.8 Å². The predicted octanol–water partition coefficient (Wildman–Crippen LogP) is 2.48. The third kappa shape index (κ3) is 4.17. The van der Waals surface area contributed by atoms with Crippen LogP contribution < -0.4 is 5.32 Å². The van der Waals surface area contributed by atoms with E-state index >= 15 is 0 Å². The number of ether oxygens (including phenoxy) is 1. The van der Waals surface area contributed by atoms with Gasteiger partial charge in [-0.3, -0.25) is 0 Å². The molecule has 1 aliphatic heterocycles. The van der Waals surface area contributed by atoms with Crippen molar-refractivity contribution in [3.63, 3.8) is 0 Å². The Morgan fingerprint density at radius 1 is 1.41 bits per heavy atom. The van der Waals surface area contributed by atoms with Crippen molar-refractivity contribution in [1.29, 1.82) is 0 Å². The average Bonchev–Trinajstić information content (AvgIpc) is 2.89. The van der Waals surface area contributed by atoms with Gasteiger partial charge in [-0.25, -0.2) is 0 Å². The molecule has 0 aromatic carbocycles. The summed E-state index contributed by atoms with van der Waals surface area (Å²) in [5.74, 6) is 0.710. The summed E-state index contributed by atoms with van der Waals surface area (Å²) in [6.07, 6.45) is 3.98. The van der Waals surface area contributed by atoms with Crippen LogP contribution in [0.3, 0.4) is 0 Å². The zero-order valence-electron chi connectivity index (χ0n) is 11.0. The van der Waals surface area contributed by atoms with Crippen LogP contribution in [-0.2, 0) is 17.7 Å². The molecule has 0 radical (unpaired) electrons. The van der Waals surface area contributed by atoms with Gasteiger partial charge in [-0.05, 0) is 37.3 Å². The zero-order chi connectivity index (χ0) is 12.1. The van der Waals surface area contributed by atoms with Gasteiger partial charge < -0.3 is 15.0 Å². The van der Waals surface area contributed by atoms with Gasteiger partial charge in [0.15, 0.2) is 0 Å². The topological polar surface area (TPSA) is 37.0 Å². The molecule has 3 heteroatoms. The molecule has 1 aromatic rings. The molecule has 1 aromatic heterocycles. The standard InChI is InChI=1S/C14H24N2O/c1-11(2)8-12-5-6-13(16-12)9-15-10-14-4-3-7-17-14/h5-6,11,14-16H,3-4,7-10H2,1-2H3/t14-/m0/s1. The highest BCUT2D eigenvalue weighted by molar-refractivity contribution is 5.13. The summed E-state index contributed by atoms with van der Waals surface area (Å²) in [6, 6.07) is 4.38. The van der Waals surface area contributed by atoms with Gasteiger partial charge in [0.05, 0.1) is 6.10 Å². The molecule has 2 heterocycles. The van der Waals surface area contributed by atoms with E-state index in [1.807, 2.05) is 0 Å². The van der Waals surface area contributed by atoms with E-state index in [9.17, 15) is 0 Å². The van der Waals surface area contributed by atoms with Crippen molar-refractivity contribution >= 4 is 0 Å². The van der Waals surface area contributed by atoms with Gasteiger partial charge in [0.25, 0.3) is 0 Å². The summed E-state index contributed by atoms with van der Waals surface area (Å²) in [5, 5.41) is 3.45. The van der Waals surface area contributed by atoms with Crippen LogP contribution in [0.25, 0.3) is 0 Å². The van der Waals surface area contributed by atoms with Gasteiger partial charge in [-0.2, -0.15) is 0 Å². The third-order valence-corrected chi connectivity index (χ3v) is 3.15. The maximum atomic E-state index is 5.58. The SMILES string of the molecule is CC(C)Cc1ccc(CNC[C@@H]2CCCO2)[nH]1. The van der Waals surface area contributed by atoms with Crippen molar-refractivity contribution in [3.8, 4) is 0 Å². The number of aromatic nitrogens is 1. The number of hydrogen-bond donors (Lipinski definition) is 2. The first-order valence-electron chi connectivity index (χ1n) is 6.73. The van der Waals surface area contributed by atoms with Gasteiger partial charge in [0.1, 0.15) is 0 Å². The summed E-state index contributed by atoms with van der Waals surface area (Å²) in [6.45, 7) is 7.32. The van der Waals surface area contributed by atoms with Gasteiger partial charge in [0, 0.05) is 31.1 Å². The maximum Gasteiger partial charge on any atom is 0.0700 e. The van der Waals surface area contributed by atoms with Crippen LogP contribution >= 0.6 is 0 Å². The lowest BCUT2D eigenvalue weighted by molar-refractivity contribution is 0.110. The summed E-state index contributed by atoms with van der Waals surface area (Å²) in [4.78, 5) is 3.47. The van der Waals surface area contributed by atoms with Crippen LogP contribution in [0.5, 0.6) is 0 Å². The summed E-state index contributed by atoms with van der Waals surface area (Å²) < 4.78 is 5.58. The minimum absolute atomic E-state index is 0.431. The second-order valence-electron chi connectivity index (χ2n) is 5.37. The highest BCUT2D eigenvalue weighted by atomic mass is 16.5. The Bertz CT molecular complexity index is 327. The molecular formula is C14H24N2O. The smallest absolute Gasteiger partial charge is 0.0700 e.